The Balaban J connectivity index is 2.50. The number of hydrogen-bond acceptors (Lipinski definition) is 2. The summed E-state index contributed by atoms with van der Waals surface area (Å²) < 4.78 is 5.59. The molecule has 2 nitrogen and oxygen atoms in total. The zero-order valence-corrected chi connectivity index (χ0v) is 12.5. The number of hydrogen-bond donors (Lipinski definition) is 0. The van der Waals surface area contributed by atoms with Gasteiger partial charge in [-0.15, -0.1) is 0 Å². The minimum Gasteiger partial charge on any atom is -0.496 e. The van der Waals surface area contributed by atoms with Crippen LogP contribution in [-0.4, -0.2) is 25.1 Å². The second-order valence-corrected chi connectivity index (χ2v) is 6.54. The lowest BCUT2D eigenvalue weighted by molar-refractivity contribution is 0.230. The van der Waals surface area contributed by atoms with Crippen LogP contribution >= 0.6 is 0 Å². The molecule has 0 N–H and O–H groups in total. The smallest absolute Gasteiger partial charge is 0.122 e. The molecule has 0 aliphatic carbocycles. The molecule has 1 atom stereocenters. The van der Waals surface area contributed by atoms with Gasteiger partial charge in [0.15, 0.2) is 0 Å². The van der Waals surface area contributed by atoms with Gasteiger partial charge in [-0.1, -0.05) is 26.8 Å². The van der Waals surface area contributed by atoms with Gasteiger partial charge in [0, 0.05) is 12.6 Å². The quantitative estimate of drug-likeness (QED) is 0.754. The maximum atomic E-state index is 5.59. The molecular formula is C16H25NO. The molecule has 2 heteroatoms. The fourth-order valence-corrected chi connectivity index (χ4v) is 2.66. The monoisotopic (exact) mass is 247 g/mol. The van der Waals surface area contributed by atoms with Gasteiger partial charge in [0.1, 0.15) is 5.75 Å². The molecule has 2 rings (SSSR count). The molecule has 1 aliphatic rings. The van der Waals surface area contributed by atoms with Gasteiger partial charge in [0.05, 0.1) is 7.11 Å². The van der Waals surface area contributed by atoms with Gasteiger partial charge in [0.25, 0.3) is 0 Å². The van der Waals surface area contributed by atoms with E-state index < -0.39 is 0 Å². The van der Waals surface area contributed by atoms with E-state index in [1.54, 1.807) is 7.11 Å². The molecule has 18 heavy (non-hydrogen) atoms. The molecule has 0 saturated heterocycles. The van der Waals surface area contributed by atoms with Gasteiger partial charge in [-0.3, -0.25) is 4.90 Å². The zero-order valence-electron chi connectivity index (χ0n) is 12.5. The predicted molar refractivity (Wildman–Crippen MR) is 76.3 cm³/mol. The van der Waals surface area contributed by atoms with Gasteiger partial charge >= 0.3 is 0 Å². The van der Waals surface area contributed by atoms with Crippen LogP contribution in [0.15, 0.2) is 12.1 Å². The minimum atomic E-state index is 0.127. The summed E-state index contributed by atoms with van der Waals surface area (Å²) in [6.07, 6.45) is 1.12. The average Bonchev–Trinajstić information content (AvgIpc) is 2.28. The van der Waals surface area contributed by atoms with Crippen molar-refractivity contribution in [1.82, 2.24) is 4.90 Å². The normalized spacial score (nSPS) is 20.7. The summed E-state index contributed by atoms with van der Waals surface area (Å²) in [4.78, 5) is 2.42. The number of methoxy groups -OCH3 is 1. The first-order valence-corrected chi connectivity index (χ1v) is 6.73. The molecule has 0 spiro atoms. The Kier molecular flexibility index (Phi) is 3.41. The summed E-state index contributed by atoms with van der Waals surface area (Å²) in [7, 11) is 3.98. The molecule has 100 valence electrons. The molecule has 0 radical (unpaired) electrons. The number of benzene rings is 1. The summed E-state index contributed by atoms with van der Waals surface area (Å²) in [5.41, 5.74) is 4.35. The number of likely N-dealkylation sites (N-methyl/N-ethyl adjacent to an activating group) is 1. The van der Waals surface area contributed by atoms with Gasteiger partial charge in [-0.2, -0.15) is 0 Å². The molecular weight excluding hydrogens is 222 g/mol. The van der Waals surface area contributed by atoms with E-state index in [0.29, 0.717) is 6.04 Å². The Bertz CT molecular complexity index is 445. The van der Waals surface area contributed by atoms with Crippen molar-refractivity contribution in [2.75, 3.05) is 14.2 Å². The lowest BCUT2D eigenvalue weighted by Crippen LogP contribution is -2.35. The Hall–Kier alpha value is -1.02. The van der Waals surface area contributed by atoms with E-state index in [-0.39, 0.29) is 5.41 Å². The van der Waals surface area contributed by atoms with Crippen LogP contribution in [0.25, 0.3) is 0 Å². The van der Waals surface area contributed by atoms with Crippen molar-refractivity contribution >= 4 is 0 Å². The lowest BCUT2D eigenvalue weighted by Gasteiger charge is -2.33. The summed E-state index contributed by atoms with van der Waals surface area (Å²) in [5.74, 6) is 1.04. The largest absolute Gasteiger partial charge is 0.496 e. The van der Waals surface area contributed by atoms with Gasteiger partial charge in [0.2, 0.25) is 0 Å². The molecule has 0 amide bonds. The summed E-state index contributed by atoms with van der Waals surface area (Å²) in [6.45, 7) is 10.1. The number of ether oxygens (including phenoxy) is 1. The second-order valence-electron chi connectivity index (χ2n) is 6.54. The van der Waals surface area contributed by atoms with Crippen LogP contribution in [0.1, 0.15) is 44.4 Å². The summed E-state index contributed by atoms with van der Waals surface area (Å²) >= 11 is 0. The Morgan fingerprint density at radius 2 is 1.89 bits per heavy atom. The molecule has 0 unspecified atom stereocenters. The first kappa shape index (κ1) is 13.4. The highest BCUT2D eigenvalue weighted by Gasteiger charge is 2.25. The SMILES string of the molecule is COc1cc2c(cc1C(C)(C)C)CN(C)[C@H](C)C2. The standard InChI is InChI=1S/C16H25NO/c1-11-7-12-9-15(18-6)14(16(2,3)4)8-13(12)10-17(11)5/h8-9,11H,7,10H2,1-6H3/t11-/m1/s1. The van der Waals surface area contributed by atoms with Crippen LogP contribution in [0.5, 0.6) is 5.75 Å². The van der Waals surface area contributed by atoms with Crippen LogP contribution in [0, 0.1) is 0 Å². The lowest BCUT2D eigenvalue weighted by atomic mass is 9.82. The van der Waals surface area contributed by atoms with E-state index in [0.717, 1.165) is 18.7 Å². The molecule has 1 aromatic rings. The van der Waals surface area contributed by atoms with Crippen molar-refractivity contribution in [3.05, 3.63) is 28.8 Å². The van der Waals surface area contributed by atoms with E-state index in [9.17, 15) is 0 Å². The van der Waals surface area contributed by atoms with Crippen LogP contribution in [0.4, 0.5) is 0 Å². The third kappa shape index (κ3) is 2.39. The van der Waals surface area contributed by atoms with Crippen molar-refractivity contribution in [2.45, 2.75) is 52.1 Å². The second kappa shape index (κ2) is 4.58. The van der Waals surface area contributed by atoms with E-state index in [4.69, 9.17) is 4.74 Å². The van der Waals surface area contributed by atoms with Crippen molar-refractivity contribution in [2.24, 2.45) is 0 Å². The van der Waals surface area contributed by atoms with E-state index >= 15 is 0 Å². The van der Waals surface area contributed by atoms with Crippen LogP contribution in [0.2, 0.25) is 0 Å². The third-order valence-electron chi connectivity index (χ3n) is 4.02. The minimum absolute atomic E-state index is 0.127. The molecule has 1 heterocycles. The third-order valence-corrected chi connectivity index (χ3v) is 4.02. The maximum absolute atomic E-state index is 5.59. The van der Waals surface area contributed by atoms with E-state index in [2.05, 4.69) is 51.8 Å². The summed E-state index contributed by atoms with van der Waals surface area (Å²) in [5, 5.41) is 0. The van der Waals surface area contributed by atoms with Crippen molar-refractivity contribution in [3.8, 4) is 5.75 Å². The zero-order chi connectivity index (χ0) is 13.5. The van der Waals surface area contributed by atoms with Crippen LogP contribution in [0.3, 0.4) is 0 Å². The topological polar surface area (TPSA) is 12.5 Å². The molecule has 0 saturated carbocycles. The molecule has 0 fully saturated rings. The van der Waals surface area contributed by atoms with Crippen LogP contribution < -0.4 is 4.74 Å². The number of rotatable bonds is 1. The van der Waals surface area contributed by atoms with E-state index in [1.807, 2.05) is 0 Å². The molecule has 1 aliphatic heterocycles. The van der Waals surface area contributed by atoms with Crippen molar-refractivity contribution < 1.29 is 4.74 Å². The highest BCUT2D eigenvalue weighted by molar-refractivity contribution is 5.47. The Labute approximate surface area is 111 Å². The average molecular weight is 247 g/mol. The molecule has 0 bridgehead atoms. The number of nitrogens with zero attached hydrogens (tertiary/aromatic N) is 1. The highest BCUT2D eigenvalue weighted by Crippen LogP contribution is 2.36. The predicted octanol–water partition coefficient (Wildman–Crippen LogP) is 3.37. The van der Waals surface area contributed by atoms with Gasteiger partial charge < -0.3 is 4.74 Å². The summed E-state index contributed by atoms with van der Waals surface area (Å²) in [6, 6.07) is 5.21. The molecule has 0 aromatic heterocycles. The maximum Gasteiger partial charge on any atom is 0.122 e. The van der Waals surface area contributed by atoms with Crippen molar-refractivity contribution in [3.63, 3.8) is 0 Å². The Morgan fingerprint density at radius 1 is 1.22 bits per heavy atom. The van der Waals surface area contributed by atoms with E-state index in [1.165, 1.54) is 16.7 Å². The fraction of sp³-hybridized carbons (Fsp3) is 0.625. The first-order chi connectivity index (χ1) is 8.32. The number of fused-ring (bicyclic) bond motifs is 1. The fourth-order valence-electron chi connectivity index (χ4n) is 2.66. The van der Waals surface area contributed by atoms with Gasteiger partial charge in [-0.25, -0.2) is 0 Å². The first-order valence-electron chi connectivity index (χ1n) is 6.73. The van der Waals surface area contributed by atoms with Gasteiger partial charge in [-0.05, 0) is 48.6 Å². The highest BCUT2D eigenvalue weighted by atomic mass is 16.5. The van der Waals surface area contributed by atoms with Crippen LogP contribution in [-0.2, 0) is 18.4 Å². The van der Waals surface area contributed by atoms with Crippen molar-refractivity contribution in [1.29, 1.82) is 0 Å². The molecule has 1 aromatic carbocycles. The Morgan fingerprint density at radius 3 is 2.44 bits per heavy atom.